The predicted molar refractivity (Wildman–Crippen MR) is 77.6 cm³/mol. The van der Waals surface area contributed by atoms with Gasteiger partial charge in [-0.3, -0.25) is 0 Å². The summed E-state index contributed by atoms with van der Waals surface area (Å²) in [6, 6.07) is 11.0. The summed E-state index contributed by atoms with van der Waals surface area (Å²) in [7, 11) is 0. The SMILES string of the molecule is CCC(O)CCNC(CC(C)C)c1ccccc1. The maximum atomic E-state index is 9.58. The standard InChI is InChI=1S/C16H27NO/c1-4-15(18)10-11-17-16(12-13(2)3)14-8-6-5-7-9-14/h5-9,13,15-18H,4,10-12H2,1-3H3. The van der Waals surface area contributed by atoms with Gasteiger partial charge in [0.2, 0.25) is 0 Å². The zero-order chi connectivity index (χ0) is 13.4. The lowest BCUT2D eigenvalue weighted by Gasteiger charge is -2.22. The Balaban J connectivity index is 2.51. The quantitative estimate of drug-likeness (QED) is 0.739. The molecule has 0 fully saturated rings. The largest absolute Gasteiger partial charge is 0.393 e. The number of hydrogen-bond acceptors (Lipinski definition) is 2. The van der Waals surface area contributed by atoms with Crippen molar-refractivity contribution in [3.63, 3.8) is 0 Å². The minimum Gasteiger partial charge on any atom is -0.393 e. The molecule has 2 atom stereocenters. The van der Waals surface area contributed by atoms with Crippen molar-refractivity contribution in [3.05, 3.63) is 35.9 Å². The molecule has 0 bridgehead atoms. The van der Waals surface area contributed by atoms with Crippen molar-refractivity contribution in [2.75, 3.05) is 6.54 Å². The van der Waals surface area contributed by atoms with Crippen LogP contribution in [-0.2, 0) is 0 Å². The number of aliphatic hydroxyl groups excluding tert-OH is 1. The van der Waals surface area contributed by atoms with Crippen molar-refractivity contribution in [1.29, 1.82) is 0 Å². The molecule has 0 spiro atoms. The highest BCUT2D eigenvalue weighted by atomic mass is 16.3. The number of hydrogen-bond donors (Lipinski definition) is 2. The van der Waals surface area contributed by atoms with Gasteiger partial charge in [0.15, 0.2) is 0 Å². The van der Waals surface area contributed by atoms with E-state index in [9.17, 15) is 5.11 Å². The first-order valence-corrected chi connectivity index (χ1v) is 7.09. The molecule has 0 saturated heterocycles. The minimum atomic E-state index is -0.173. The van der Waals surface area contributed by atoms with Crippen LogP contribution in [0.25, 0.3) is 0 Å². The van der Waals surface area contributed by atoms with Gasteiger partial charge in [-0.1, -0.05) is 51.1 Å². The molecule has 0 saturated carbocycles. The third-order valence-corrected chi connectivity index (χ3v) is 3.25. The van der Waals surface area contributed by atoms with E-state index < -0.39 is 0 Å². The highest BCUT2D eigenvalue weighted by Gasteiger charge is 2.12. The Hall–Kier alpha value is -0.860. The summed E-state index contributed by atoms with van der Waals surface area (Å²) in [4.78, 5) is 0. The van der Waals surface area contributed by atoms with Gasteiger partial charge in [-0.05, 0) is 37.3 Å². The lowest BCUT2D eigenvalue weighted by atomic mass is 9.97. The molecule has 0 heterocycles. The fourth-order valence-electron chi connectivity index (χ4n) is 2.12. The summed E-state index contributed by atoms with van der Waals surface area (Å²) in [5.74, 6) is 0.666. The second kappa shape index (κ2) is 8.28. The highest BCUT2D eigenvalue weighted by Crippen LogP contribution is 2.21. The zero-order valence-electron chi connectivity index (χ0n) is 11.9. The van der Waals surface area contributed by atoms with Gasteiger partial charge in [0.1, 0.15) is 0 Å². The van der Waals surface area contributed by atoms with Gasteiger partial charge in [0.05, 0.1) is 6.10 Å². The first-order chi connectivity index (χ1) is 8.63. The van der Waals surface area contributed by atoms with E-state index in [-0.39, 0.29) is 6.10 Å². The van der Waals surface area contributed by atoms with Gasteiger partial charge in [-0.25, -0.2) is 0 Å². The van der Waals surface area contributed by atoms with E-state index in [4.69, 9.17) is 0 Å². The monoisotopic (exact) mass is 249 g/mol. The predicted octanol–water partition coefficient (Wildman–Crippen LogP) is 3.52. The summed E-state index contributed by atoms with van der Waals surface area (Å²) in [5, 5.41) is 13.2. The Kier molecular flexibility index (Phi) is 6.99. The Morgan fingerprint density at radius 3 is 2.39 bits per heavy atom. The third-order valence-electron chi connectivity index (χ3n) is 3.25. The molecule has 0 amide bonds. The molecule has 1 rings (SSSR count). The lowest BCUT2D eigenvalue weighted by molar-refractivity contribution is 0.158. The molecule has 0 aliphatic rings. The molecular formula is C16H27NO. The average molecular weight is 249 g/mol. The van der Waals surface area contributed by atoms with E-state index in [1.165, 1.54) is 5.56 Å². The lowest BCUT2D eigenvalue weighted by Crippen LogP contribution is -2.26. The number of nitrogens with one attached hydrogen (secondary N) is 1. The van der Waals surface area contributed by atoms with E-state index in [1.807, 2.05) is 6.92 Å². The van der Waals surface area contributed by atoms with E-state index in [0.717, 1.165) is 25.8 Å². The number of rotatable bonds is 8. The second-order valence-electron chi connectivity index (χ2n) is 5.40. The van der Waals surface area contributed by atoms with Crippen molar-refractivity contribution in [3.8, 4) is 0 Å². The molecular weight excluding hydrogens is 222 g/mol. The molecule has 2 nitrogen and oxygen atoms in total. The van der Waals surface area contributed by atoms with Gasteiger partial charge < -0.3 is 10.4 Å². The van der Waals surface area contributed by atoms with E-state index >= 15 is 0 Å². The van der Waals surface area contributed by atoms with Crippen molar-refractivity contribution in [2.24, 2.45) is 5.92 Å². The van der Waals surface area contributed by atoms with Gasteiger partial charge >= 0.3 is 0 Å². The Bertz CT molecular complexity index is 310. The summed E-state index contributed by atoms with van der Waals surface area (Å²) >= 11 is 0. The number of benzene rings is 1. The average Bonchev–Trinajstić information content (AvgIpc) is 2.38. The smallest absolute Gasteiger partial charge is 0.0549 e. The highest BCUT2D eigenvalue weighted by molar-refractivity contribution is 5.18. The van der Waals surface area contributed by atoms with Crippen LogP contribution >= 0.6 is 0 Å². The van der Waals surface area contributed by atoms with Gasteiger partial charge in [-0.2, -0.15) is 0 Å². The van der Waals surface area contributed by atoms with Crippen LogP contribution in [0.3, 0.4) is 0 Å². The molecule has 0 radical (unpaired) electrons. The van der Waals surface area contributed by atoms with Crippen molar-refractivity contribution >= 4 is 0 Å². The molecule has 0 aliphatic carbocycles. The van der Waals surface area contributed by atoms with Gasteiger partial charge in [-0.15, -0.1) is 0 Å². The van der Waals surface area contributed by atoms with Crippen LogP contribution in [0.15, 0.2) is 30.3 Å². The zero-order valence-corrected chi connectivity index (χ0v) is 11.9. The third kappa shape index (κ3) is 5.65. The molecule has 18 heavy (non-hydrogen) atoms. The normalized spacial score (nSPS) is 14.7. The topological polar surface area (TPSA) is 32.3 Å². The molecule has 1 aromatic rings. The molecule has 0 aromatic heterocycles. The van der Waals surface area contributed by atoms with Crippen LogP contribution in [0.5, 0.6) is 0 Å². The van der Waals surface area contributed by atoms with Crippen molar-refractivity contribution < 1.29 is 5.11 Å². The summed E-state index contributed by atoms with van der Waals surface area (Å²) < 4.78 is 0. The van der Waals surface area contributed by atoms with Crippen LogP contribution in [0.2, 0.25) is 0 Å². The second-order valence-corrected chi connectivity index (χ2v) is 5.40. The summed E-state index contributed by atoms with van der Waals surface area (Å²) in [6.07, 6.45) is 2.62. The Morgan fingerprint density at radius 1 is 1.17 bits per heavy atom. The maximum Gasteiger partial charge on any atom is 0.0549 e. The first kappa shape index (κ1) is 15.2. The molecule has 2 N–H and O–H groups in total. The first-order valence-electron chi connectivity index (χ1n) is 7.09. The number of aliphatic hydroxyl groups is 1. The van der Waals surface area contributed by atoms with Crippen molar-refractivity contribution in [1.82, 2.24) is 5.32 Å². The fraction of sp³-hybridized carbons (Fsp3) is 0.625. The Morgan fingerprint density at radius 2 is 1.83 bits per heavy atom. The van der Waals surface area contributed by atoms with E-state index in [0.29, 0.717) is 12.0 Å². The summed E-state index contributed by atoms with van der Waals surface area (Å²) in [6.45, 7) is 7.39. The molecule has 1 aromatic carbocycles. The molecule has 0 aliphatic heterocycles. The van der Waals surface area contributed by atoms with Gasteiger partial charge in [0, 0.05) is 6.04 Å². The van der Waals surface area contributed by atoms with Gasteiger partial charge in [0.25, 0.3) is 0 Å². The Labute approximate surface area is 111 Å². The van der Waals surface area contributed by atoms with Crippen LogP contribution in [-0.4, -0.2) is 17.8 Å². The van der Waals surface area contributed by atoms with E-state index in [1.54, 1.807) is 0 Å². The van der Waals surface area contributed by atoms with Crippen LogP contribution in [0.1, 0.15) is 51.6 Å². The van der Waals surface area contributed by atoms with Crippen LogP contribution < -0.4 is 5.32 Å². The maximum absolute atomic E-state index is 9.58. The molecule has 2 heteroatoms. The molecule has 2 unspecified atom stereocenters. The summed E-state index contributed by atoms with van der Waals surface area (Å²) in [5.41, 5.74) is 1.34. The van der Waals surface area contributed by atoms with Crippen LogP contribution in [0.4, 0.5) is 0 Å². The fourth-order valence-corrected chi connectivity index (χ4v) is 2.12. The van der Waals surface area contributed by atoms with Crippen molar-refractivity contribution in [2.45, 2.75) is 52.2 Å². The molecule has 102 valence electrons. The van der Waals surface area contributed by atoms with E-state index in [2.05, 4.69) is 49.5 Å². The van der Waals surface area contributed by atoms with Crippen LogP contribution in [0, 0.1) is 5.92 Å². The minimum absolute atomic E-state index is 0.173.